The Balaban J connectivity index is 2.19. The van der Waals surface area contributed by atoms with Crippen LogP contribution in [0.25, 0.3) is 10.9 Å². The van der Waals surface area contributed by atoms with Crippen molar-refractivity contribution in [3.05, 3.63) is 36.5 Å². The molecular formula is C12H12N2O2S2. The average molecular weight is 280 g/mol. The fourth-order valence-electron chi connectivity index (χ4n) is 2.01. The number of para-hydroxylation sites is 1. The van der Waals surface area contributed by atoms with Gasteiger partial charge in [-0.2, -0.15) is 4.31 Å². The maximum Gasteiger partial charge on any atom is 0.246 e. The molecule has 0 bridgehead atoms. The molecule has 6 heteroatoms. The molecule has 0 aliphatic carbocycles. The predicted molar refractivity (Wildman–Crippen MR) is 73.0 cm³/mol. The van der Waals surface area contributed by atoms with Gasteiger partial charge in [0.05, 0.1) is 11.4 Å². The first-order chi connectivity index (χ1) is 8.69. The highest BCUT2D eigenvalue weighted by molar-refractivity contribution is 8.00. The van der Waals surface area contributed by atoms with Crippen LogP contribution in [-0.4, -0.2) is 35.9 Å². The topological polar surface area (TPSA) is 50.3 Å². The van der Waals surface area contributed by atoms with Crippen LogP contribution >= 0.6 is 11.8 Å². The van der Waals surface area contributed by atoms with Gasteiger partial charge in [0.2, 0.25) is 10.0 Å². The van der Waals surface area contributed by atoms with Crippen molar-refractivity contribution in [2.45, 2.75) is 4.90 Å². The Morgan fingerprint density at radius 3 is 2.83 bits per heavy atom. The minimum atomic E-state index is -3.42. The maximum absolute atomic E-state index is 12.5. The third-order valence-electron chi connectivity index (χ3n) is 2.93. The highest BCUT2D eigenvalue weighted by Crippen LogP contribution is 2.27. The van der Waals surface area contributed by atoms with Crippen LogP contribution in [0.4, 0.5) is 0 Å². The van der Waals surface area contributed by atoms with Gasteiger partial charge < -0.3 is 0 Å². The molecule has 1 aliphatic rings. The Morgan fingerprint density at radius 1 is 1.22 bits per heavy atom. The lowest BCUT2D eigenvalue weighted by atomic mass is 10.2. The lowest BCUT2D eigenvalue weighted by Gasteiger charge is -2.15. The summed E-state index contributed by atoms with van der Waals surface area (Å²) in [5, 5.41) is 0.852. The van der Waals surface area contributed by atoms with Crippen LogP contribution in [-0.2, 0) is 10.0 Å². The van der Waals surface area contributed by atoms with E-state index in [0.717, 1.165) is 11.1 Å². The summed E-state index contributed by atoms with van der Waals surface area (Å²) in [6.07, 6.45) is 1.63. The van der Waals surface area contributed by atoms with Gasteiger partial charge in [-0.15, -0.1) is 11.8 Å². The van der Waals surface area contributed by atoms with Crippen molar-refractivity contribution < 1.29 is 8.42 Å². The van der Waals surface area contributed by atoms with Crippen molar-refractivity contribution in [2.24, 2.45) is 0 Å². The average Bonchev–Trinajstić information content (AvgIpc) is 2.92. The molecule has 0 atom stereocenters. The summed E-state index contributed by atoms with van der Waals surface area (Å²) < 4.78 is 26.6. The van der Waals surface area contributed by atoms with E-state index < -0.39 is 10.0 Å². The van der Waals surface area contributed by atoms with Crippen molar-refractivity contribution in [3.8, 4) is 0 Å². The molecule has 1 aromatic heterocycles. The summed E-state index contributed by atoms with van der Waals surface area (Å²) in [6.45, 7) is 0.580. The Hall–Kier alpha value is -1.11. The lowest BCUT2D eigenvalue weighted by Crippen LogP contribution is -2.28. The van der Waals surface area contributed by atoms with E-state index in [-0.39, 0.29) is 0 Å². The van der Waals surface area contributed by atoms with Gasteiger partial charge >= 0.3 is 0 Å². The van der Waals surface area contributed by atoms with Gasteiger partial charge in [0.25, 0.3) is 0 Å². The molecule has 3 rings (SSSR count). The third kappa shape index (κ3) is 1.90. The number of sulfonamides is 1. The zero-order chi connectivity index (χ0) is 12.6. The highest BCUT2D eigenvalue weighted by Gasteiger charge is 2.29. The van der Waals surface area contributed by atoms with Crippen LogP contribution in [0, 0.1) is 0 Å². The van der Waals surface area contributed by atoms with Gasteiger partial charge in [0.15, 0.2) is 0 Å². The summed E-state index contributed by atoms with van der Waals surface area (Å²) in [5.74, 6) is 1.39. The third-order valence-corrected chi connectivity index (χ3v) is 5.94. The lowest BCUT2D eigenvalue weighted by molar-refractivity contribution is 0.490. The molecule has 0 N–H and O–H groups in total. The van der Waals surface area contributed by atoms with Gasteiger partial charge in [-0.05, 0) is 12.1 Å². The summed E-state index contributed by atoms with van der Waals surface area (Å²) in [4.78, 5) is 4.51. The second kappa shape index (κ2) is 4.53. The van der Waals surface area contributed by atoms with E-state index in [4.69, 9.17) is 0 Å². The number of rotatable bonds is 2. The molecule has 0 amide bonds. The molecule has 1 fully saturated rings. The van der Waals surface area contributed by atoms with Gasteiger partial charge in [-0.25, -0.2) is 8.42 Å². The molecular weight excluding hydrogens is 268 g/mol. The molecule has 0 unspecified atom stereocenters. The van der Waals surface area contributed by atoms with Gasteiger partial charge in [0, 0.05) is 23.9 Å². The molecule has 1 saturated heterocycles. The zero-order valence-electron chi connectivity index (χ0n) is 9.61. The minimum absolute atomic E-state index is 0.308. The smallest absolute Gasteiger partial charge is 0.246 e. The fourth-order valence-corrected chi connectivity index (χ4v) is 4.99. The van der Waals surface area contributed by atoms with Crippen molar-refractivity contribution in [1.29, 1.82) is 0 Å². The van der Waals surface area contributed by atoms with Crippen molar-refractivity contribution >= 4 is 32.7 Å². The molecule has 1 aliphatic heterocycles. The van der Waals surface area contributed by atoms with Crippen LogP contribution in [0.2, 0.25) is 0 Å². The van der Waals surface area contributed by atoms with Crippen LogP contribution in [0.1, 0.15) is 0 Å². The van der Waals surface area contributed by atoms with Gasteiger partial charge in [0.1, 0.15) is 4.90 Å². The molecule has 18 heavy (non-hydrogen) atoms. The normalized spacial score (nSPS) is 17.3. The van der Waals surface area contributed by atoms with E-state index in [1.54, 1.807) is 30.1 Å². The second-order valence-corrected chi connectivity index (χ2v) is 7.03. The van der Waals surface area contributed by atoms with Gasteiger partial charge in [-0.1, -0.05) is 18.2 Å². The first-order valence-corrected chi connectivity index (χ1v) is 8.21. The van der Waals surface area contributed by atoms with E-state index in [9.17, 15) is 8.42 Å². The predicted octanol–water partition coefficient (Wildman–Crippen LogP) is 1.93. The standard InChI is InChI=1S/C12H12N2O2S2/c15-18(16,14-7-8-17-9-14)11-5-1-3-10-4-2-6-13-12(10)11/h1-6H,7-9H2. The zero-order valence-corrected chi connectivity index (χ0v) is 11.2. The van der Waals surface area contributed by atoms with E-state index in [1.165, 1.54) is 4.31 Å². The number of fused-ring (bicyclic) bond motifs is 1. The quantitative estimate of drug-likeness (QED) is 0.843. The monoisotopic (exact) mass is 280 g/mol. The number of aromatic nitrogens is 1. The molecule has 0 spiro atoms. The first kappa shape index (κ1) is 12.0. The van der Waals surface area contributed by atoms with Crippen LogP contribution < -0.4 is 0 Å². The van der Waals surface area contributed by atoms with Crippen molar-refractivity contribution in [3.63, 3.8) is 0 Å². The second-order valence-electron chi connectivity index (χ2n) is 4.05. The van der Waals surface area contributed by atoms with Crippen LogP contribution in [0.3, 0.4) is 0 Å². The molecule has 0 radical (unpaired) electrons. The number of thioether (sulfide) groups is 1. The molecule has 2 aromatic rings. The van der Waals surface area contributed by atoms with Crippen LogP contribution in [0.15, 0.2) is 41.4 Å². The van der Waals surface area contributed by atoms with E-state index in [0.29, 0.717) is 22.8 Å². The largest absolute Gasteiger partial charge is 0.255 e. The summed E-state index contributed by atoms with van der Waals surface area (Å²) in [5.41, 5.74) is 0.553. The number of benzene rings is 1. The summed E-state index contributed by atoms with van der Waals surface area (Å²) in [7, 11) is -3.42. The Morgan fingerprint density at radius 2 is 2.06 bits per heavy atom. The Kier molecular flexibility index (Phi) is 3.01. The number of pyridine rings is 1. The molecule has 94 valence electrons. The highest BCUT2D eigenvalue weighted by atomic mass is 32.2. The number of nitrogens with zero attached hydrogens (tertiary/aromatic N) is 2. The number of hydrogen-bond donors (Lipinski definition) is 0. The molecule has 4 nitrogen and oxygen atoms in total. The summed E-state index contributed by atoms with van der Waals surface area (Å²) in [6, 6.07) is 8.96. The van der Waals surface area contributed by atoms with E-state index >= 15 is 0 Å². The summed E-state index contributed by atoms with van der Waals surface area (Å²) >= 11 is 1.64. The first-order valence-electron chi connectivity index (χ1n) is 5.61. The van der Waals surface area contributed by atoms with E-state index in [2.05, 4.69) is 4.98 Å². The molecule has 2 heterocycles. The molecule has 1 aromatic carbocycles. The van der Waals surface area contributed by atoms with Crippen LogP contribution in [0.5, 0.6) is 0 Å². The van der Waals surface area contributed by atoms with Gasteiger partial charge in [-0.3, -0.25) is 4.98 Å². The minimum Gasteiger partial charge on any atom is -0.255 e. The number of hydrogen-bond acceptors (Lipinski definition) is 4. The SMILES string of the molecule is O=S(=O)(c1cccc2cccnc12)N1CCSC1. The van der Waals surface area contributed by atoms with Crippen molar-refractivity contribution in [2.75, 3.05) is 18.2 Å². The Labute approximate surface area is 110 Å². The molecule has 0 saturated carbocycles. The Bertz CT molecular complexity index is 674. The fraction of sp³-hybridized carbons (Fsp3) is 0.250. The van der Waals surface area contributed by atoms with E-state index in [1.807, 2.05) is 18.2 Å². The maximum atomic E-state index is 12.5. The van der Waals surface area contributed by atoms with Crippen molar-refractivity contribution in [1.82, 2.24) is 9.29 Å².